The summed E-state index contributed by atoms with van der Waals surface area (Å²) in [5, 5.41) is 3.68. The molecular weight excluding hydrogens is 346 g/mol. The van der Waals surface area contributed by atoms with E-state index in [0.717, 1.165) is 37.4 Å². The molecule has 0 radical (unpaired) electrons. The summed E-state index contributed by atoms with van der Waals surface area (Å²) in [5.41, 5.74) is 0.508. The lowest BCUT2D eigenvalue weighted by Crippen LogP contribution is -2.49. The molecule has 1 N–H and O–H groups in total. The molecule has 1 saturated carbocycles. The molecule has 3 fully saturated rings. The van der Waals surface area contributed by atoms with Gasteiger partial charge < -0.3 is 10.2 Å². The Morgan fingerprint density at radius 3 is 2.61 bits per heavy atom. The second kappa shape index (κ2) is 8.98. The Morgan fingerprint density at radius 2 is 1.82 bits per heavy atom. The first-order chi connectivity index (χ1) is 13.6. The van der Waals surface area contributed by atoms with Crippen LogP contribution < -0.4 is 10.2 Å². The van der Waals surface area contributed by atoms with E-state index in [4.69, 9.17) is 4.98 Å². The third-order valence-corrected chi connectivity index (χ3v) is 7.05. The highest BCUT2D eigenvalue weighted by atomic mass is 15.2. The summed E-state index contributed by atoms with van der Waals surface area (Å²) in [7, 11) is 0. The Hall–Kier alpha value is -1.36. The Morgan fingerprint density at radius 1 is 1.00 bits per heavy atom. The van der Waals surface area contributed by atoms with Gasteiger partial charge in [-0.3, -0.25) is 4.90 Å². The van der Waals surface area contributed by atoms with E-state index in [9.17, 15) is 0 Å². The summed E-state index contributed by atoms with van der Waals surface area (Å²) < 4.78 is 0. The maximum absolute atomic E-state index is 4.88. The van der Waals surface area contributed by atoms with Crippen molar-refractivity contribution in [3.8, 4) is 0 Å². The predicted molar refractivity (Wildman–Crippen MR) is 117 cm³/mol. The Balaban J connectivity index is 1.36. The number of nitrogens with one attached hydrogen (secondary N) is 1. The molecule has 156 valence electrons. The number of anilines is 2. The Bertz CT molecular complexity index is 623. The normalized spacial score (nSPS) is 29.3. The lowest BCUT2D eigenvalue weighted by Gasteiger charge is -2.44. The number of piperidine rings is 1. The summed E-state index contributed by atoms with van der Waals surface area (Å²) in [4.78, 5) is 14.6. The number of hydrogen-bond acceptors (Lipinski definition) is 5. The Labute approximate surface area is 171 Å². The first kappa shape index (κ1) is 19.9. The minimum Gasteiger partial charge on any atom is -0.356 e. The van der Waals surface area contributed by atoms with Crippen LogP contribution in [0.2, 0.25) is 0 Å². The van der Waals surface area contributed by atoms with Crippen molar-refractivity contribution in [2.75, 3.05) is 36.4 Å². The van der Waals surface area contributed by atoms with Crippen molar-refractivity contribution in [2.24, 2.45) is 5.41 Å². The second-order valence-corrected chi connectivity index (χ2v) is 10.0. The lowest BCUT2D eigenvalue weighted by molar-refractivity contribution is 0.0753. The standard InChI is InChI=1S/C23H39N5/c1-23(2)12-7-10-20(17-23)28-16-8-9-19(18-28)25-22-24-13-11-21(26-22)27-14-5-3-4-6-15-27/h11,13,19-20H,3-10,12,14-18H2,1-2H3,(H,24,25,26). The van der Waals surface area contributed by atoms with Crippen molar-refractivity contribution in [1.29, 1.82) is 0 Å². The Kier molecular flexibility index (Phi) is 6.39. The van der Waals surface area contributed by atoms with E-state index in [1.54, 1.807) is 0 Å². The maximum Gasteiger partial charge on any atom is 0.224 e. The molecule has 5 heteroatoms. The molecule has 2 atom stereocenters. The number of rotatable bonds is 4. The molecule has 28 heavy (non-hydrogen) atoms. The minimum atomic E-state index is 0.471. The topological polar surface area (TPSA) is 44.3 Å². The number of nitrogens with zero attached hydrogens (tertiary/aromatic N) is 4. The van der Waals surface area contributed by atoms with Crippen LogP contribution in [0.25, 0.3) is 0 Å². The van der Waals surface area contributed by atoms with Gasteiger partial charge in [0.15, 0.2) is 0 Å². The fraction of sp³-hybridized carbons (Fsp3) is 0.826. The molecule has 1 aliphatic carbocycles. The van der Waals surface area contributed by atoms with E-state index < -0.39 is 0 Å². The van der Waals surface area contributed by atoms with Crippen LogP contribution in [0.1, 0.15) is 78.1 Å². The van der Waals surface area contributed by atoms with Gasteiger partial charge in [0.05, 0.1) is 0 Å². The SMILES string of the molecule is CC1(C)CCCC(N2CCCC(Nc3nccc(N4CCCCCC4)n3)C2)C1. The van der Waals surface area contributed by atoms with Crippen LogP contribution in [-0.2, 0) is 0 Å². The van der Waals surface area contributed by atoms with E-state index in [2.05, 4.69) is 40.0 Å². The van der Waals surface area contributed by atoms with Crippen molar-refractivity contribution in [2.45, 2.75) is 90.1 Å². The highest BCUT2D eigenvalue weighted by molar-refractivity contribution is 5.43. The zero-order valence-electron chi connectivity index (χ0n) is 18.0. The third kappa shape index (κ3) is 5.16. The number of aromatic nitrogens is 2. The van der Waals surface area contributed by atoms with Gasteiger partial charge in [0.2, 0.25) is 5.95 Å². The largest absolute Gasteiger partial charge is 0.356 e. The average Bonchev–Trinajstić information content (AvgIpc) is 2.97. The predicted octanol–water partition coefficient (Wildman–Crippen LogP) is 4.70. The van der Waals surface area contributed by atoms with E-state index in [1.165, 1.54) is 70.8 Å². The van der Waals surface area contributed by atoms with Gasteiger partial charge in [-0.2, -0.15) is 4.98 Å². The second-order valence-electron chi connectivity index (χ2n) is 10.0. The van der Waals surface area contributed by atoms with Gasteiger partial charge in [0.25, 0.3) is 0 Å². The summed E-state index contributed by atoms with van der Waals surface area (Å²) in [6.45, 7) is 9.55. The fourth-order valence-electron chi connectivity index (χ4n) is 5.50. The lowest BCUT2D eigenvalue weighted by atomic mass is 9.74. The molecule has 0 spiro atoms. The fourth-order valence-corrected chi connectivity index (χ4v) is 5.50. The molecule has 0 bridgehead atoms. The highest BCUT2D eigenvalue weighted by Gasteiger charge is 2.33. The van der Waals surface area contributed by atoms with Crippen LogP contribution in [-0.4, -0.2) is 53.1 Å². The number of likely N-dealkylation sites (tertiary alicyclic amines) is 1. The van der Waals surface area contributed by atoms with Gasteiger partial charge in [-0.1, -0.05) is 33.1 Å². The van der Waals surface area contributed by atoms with E-state index >= 15 is 0 Å². The monoisotopic (exact) mass is 385 g/mol. The van der Waals surface area contributed by atoms with E-state index in [1.807, 2.05) is 6.20 Å². The zero-order chi connectivity index (χ0) is 19.4. The van der Waals surface area contributed by atoms with E-state index in [-0.39, 0.29) is 0 Å². The first-order valence-corrected chi connectivity index (χ1v) is 11.7. The molecule has 0 amide bonds. The van der Waals surface area contributed by atoms with Crippen molar-refractivity contribution in [3.05, 3.63) is 12.3 Å². The van der Waals surface area contributed by atoms with Gasteiger partial charge in [-0.15, -0.1) is 0 Å². The quantitative estimate of drug-likeness (QED) is 0.814. The molecule has 5 nitrogen and oxygen atoms in total. The van der Waals surface area contributed by atoms with Gasteiger partial charge >= 0.3 is 0 Å². The maximum atomic E-state index is 4.88. The molecular formula is C23H39N5. The van der Waals surface area contributed by atoms with E-state index in [0.29, 0.717) is 11.5 Å². The molecule has 1 aromatic rings. The molecule has 3 aliphatic rings. The van der Waals surface area contributed by atoms with Gasteiger partial charge in [-0.05, 0) is 63.0 Å². The minimum absolute atomic E-state index is 0.471. The molecule has 1 aromatic heterocycles. The highest BCUT2D eigenvalue weighted by Crippen LogP contribution is 2.38. The molecule has 2 saturated heterocycles. The van der Waals surface area contributed by atoms with Crippen molar-refractivity contribution in [1.82, 2.24) is 14.9 Å². The van der Waals surface area contributed by atoms with Crippen LogP contribution >= 0.6 is 0 Å². The van der Waals surface area contributed by atoms with Crippen LogP contribution in [0.4, 0.5) is 11.8 Å². The average molecular weight is 386 g/mol. The van der Waals surface area contributed by atoms with Gasteiger partial charge in [0, 0.05) is 37.9 Å². The van der Waals surface area contributed by atoms with Gasteiger partial charge in [0.1, 0.15) is 5.82 Å². The summed E-state index contributed by atoms with van der Waals surface area (Å²) >= 11 is 0. The molecule has 4 rings (SSSR count). The van der Waals surface area contributed by atoms with Crippen LogP contribution in [0.15, 0.2) is 12.3 Å². The number of hydrogen-bond donors (Lipinski definition) is 1. The first-order valence-electron chi connectivity index (χ1n) is 11.7. The summed E-state index contributed by atoms with van der Waals surface area (Å²) in [6.07, 6.45) is 15.2. The van der Waals surface area contributed by atoms with Crippen LogP contribution in [0, 0.1) is 5.41 Å². The molecule has 3 heterocycles. The van der Waals surface area contributed by atoms with Gasteiger partial charge in [-0.25, -0.2) is 4.98 Å². The van der Waals surface area contributed by atoms with Crippen molar-refractivity contribution in [3.63, 3.8) is 0 Å². The smallest absolute Gasteiger partial charge is 0.224 e. The summed E-state index contributed by atoms with van der Waals surface area (Å²) in [6, 6.07) is 3.31. The summed E-state index contributed by atoms with van der Waals surface area (Å²) in [5.74, 6) is 1.92. The van der Waals surface area contributed by atoms with Crippen molar-refractivity contribution >= 4 is 11.8 Å². The van der Waals surface area contributed by atoms with Crippen LogP contribution in [0.3, 0.4) is 0 Å². The van der Waals surface area contributed by atoms with Crippen LogP contribution in [0.5, 0.6) is 0 Å². The zero-order valence-corrected chi connectivity index (χ0v) is 18.0. The third-order valence-electron chi connectivity index (χ3n) is 7.05. The molecule has 2 aliphatic heterocycles. The molecule has 0 aromatic carbocycles. The molecule has 2 unspecified atom stereocenters. The van der Waals surface area contributed by atoms with Crippen molar-refractivity contribution < 1.29 is 0 Å².